The molecule has 1 heterocycles. The first-order valence-corrected chi connectivity index (χ1v) is 6.38. The molecule has 6 heteroatoms. The number of carbonyl (C=O) groups excluding carboxylic acids is 2. The fourth-order valence-corrected chi connectivity index (χ4v) is 1.94. The molecule has 0 aliphatic carbocycles. The van der Waals surface area contributed by atoms with E-state index in [4.69, 9.17) is 4.42 Å². The number of aryl methyl sites for hydroxylation is 1. The Morgan fingerprint density at radius 2 is 1.81 bits per heavy atom. The number of esters is 2. The van der Waals surface area contributed by atoms with Gasteiger partial charge in [-0.25, -0.2) is 14.6 Å². The van der Waals surface area contributed by atoms with Gasteiger partial charge in [-0.2, -0.15) is 0 Å². The molecule has 0 bridgehead atoms. The molecule has 6 nitrogen and oxygen atoms in total. The molecule has 0 atom stereocenters. The monoisotopic (exact) mass is 289 g/mol. The molecule has 0 N–H and O–H groups in total. The van der Waals surface area contributed by atoms with Gasteiger partial charge in [0, 0.05) is 5.56 Å². The Kier molecular flexibility index (Phi) is 4.37. The highest BCUT2D eigenvalue weighted by molar-refractivity contribution is 6.00. The summed E-state index contributed by atoms with van der Waals surface area (Å²) >= 11 is 0. The van der Waals surface area contributed by atoms with Crippen LogP contribution in [-0.4, -0.2) is 31.1 Å². The normalized spacial score (nSPS) is 10.2. The van der Waals surface area contributed by atoms with Gasteiger partial charge in [-0.1, -0.05) is 25.1 Å². The Morgan fingerprint density at radius 1 is 1.14 bits per heavy atom. The Labute approximate surface area is 121 Å². The van der Waals surface area contributed by atoms with Crippen molar-refractivity contribution in [3.05, 3.63) is 41.3 Å². The molecular formula is C15H15NO5. The van der Waals surface area contributed by atoms with Crippen molar-refractivity contribution in [3.63, 3.8) is 0 Å². The lowest BCUT2D eigenvalue weighted by molar-refractivity contribution is 0.0527. The van der Waals surface area contributed by atoms with Crippen molar-refractivity contribution in [2.75, 3.05) is 14.2 Å². The van der Waals surface area contributed by atoms with Crippen LogP contribution in [0.5, 0.6) is 0 Å². The summed E-state index contributed by atoms with van der Waals surface area (Å²) in [5, 5.41) is 0. The van der Waals surface area contributed by atoms with E-state index < -0.39 is 11.9 Å². The molecule has 2 aromatic rings. The molecular weight excluding hydrogens is 274 g/mol. The third kappa shape index (κ3) is 2.79. The number of benzene rings is 1. The first-order valence-electron chi connectivity index (χ1n) is 6.38. The van der Waals surface area contributed by atoms with Crippen LogP contribution >= 0.6 is 0 Å². The minimum absolute atomic E-state index is 0.188. The minimum atomic E-state index is -0.775. The maximum Gasteiger partial charge on any atom is 0.376 e. The van der Waals surface area contributed by atoms with Crippen molar-refractivity contribution >= 4 is 11.9 Å². The number of aromatic nitrogens is 1. The summed E-state index contributed by atoms with van der Waals surface area (Å²) in [5.74, 6) is -1.60. The zero-order valence-electron chi connectivity index (χ0n) is 12.0. The molecule has 0 fully saturated rings. The summed E-state index contributed by atoms with van der Waals surface area (Å²) in [5.41, 5.74) is 1.53. The van der Waals surface area contributed by atoms with Crippen molar-refractivity contribution in [1.82, 2.24) is 4.98 Å². The molecule has 1 aromatic heterocycles. The number of rotatable bonds is 4. The summed E-state index contributed by atoms with van der Waals surface area (Å²) in [7, 11) is 2.41. The summed E-state index contributed by atoms with van der Waals surface area (Å²) < 4.78 is 14.6. The first kappa shape index (κ1) is 14.8. The van der Waals surface area contributed by atoms with Gasteiger partial charge in [0.1, 0.15) is 0 Å². The van der Waals surface area contributed by atoms with Gasteiger partial charge in [-0.3, -0.25) is 0 Å². The second-order valence-electron chi connectivity index (χ2n) is 4.19. The lowest BCUT2D eigenvalue weighted by Gasteiger charge is -2.02. The Bertz CT molecular complexity index is 641. The van der Waals surface area contributed by atoms with E-state index in [0.29, 0.717) is 0 Å². The summed E-state index contributed by atoms with van der Waals surface area (Å²) in [6.45, 7) is 1.99. The molecule has 0 saturated carbocycles. The van der Waals surface area contributed by atoms with E-state index >= 15 is 0 Å². The van der Waals surface area contributed by atoms with Crippen LogP contribution in [0.1, 0.15) is 33.5 Å². The van der Waals surface area contributed by atoms with Crippen LogP contribution in [0.25, 0.3) is 11.5 Å². The Balaban J connectivity index is 2.58. The molecule has 1 aromatic carbocycles. The quantitative estimate of drug-likeness (QED) is 0.804. The zero-order chi connectivity index (χ0) is 15.4. The number of hydrogen-bond acceptors (Lipinski definition) is 6. The van der Waals surface area contributed by atoms with Crippen LogP contribution in [0.2, 0.25) is 0 Å². The summed E-state index contributed by atoms with van der Waals surface area (Å²) in [4.78, 5) is 27.5. The lowest BCUT2D eigenvalue weighted by Crippen LogP contribution is -2.10. The highest BCUT2D eigenvalue weighted by atomic mass is 16.5. The topological polar surface area (TPSA) is 78.6 Å². The predicted octanol–water partition coefficient (Wildman–Crippen LogP) is 2.48. The highest BCUT2D eigenvalue weighted by Gasteiger charge is 2.27. The molecule has 110 valence electrons. The minimum Gasteiger partial charge on any atom is -0.464 e. The fourth-order valence-electron chi connectivity index (χ4n) is 1.94. The predicted molar refractivity (Wildman–Crippen MR) is 74.0 cm³/mol. The van der Waals surface area contributed by atoms with Gasteiger partial charge in [-0.15, -0.1) is 0 Å². The lowest BCUT2D eigenvalue weighted by atomic mass is 10.1. The van der Waals surface area contributed by atoms with Crippen LogP contribution < -0.4 is 0 Å². The van der Waals surface area contributed by atoms with Crippen LogP contribution in [-0.2, 0) is 15.9 Å². The average Bonchev–Trinajstić information content (AvgIpc) is 2.98. The first-order chi connectivity index (χ1) is 10.1. The average molecular weight is 289 g/mol. The summed E-state index contributed by atoms with van der Waals surface area (Å²) in [6.07, 6.45) is 0.764. The van der Waals surface area contributed by atoms with Gasteiger partial charge in [0.05, 0.1) is 14.2 Å². The van der Waals surface area contributed by atoms with Crippen molar-refractivity contribution in [3.8, 4) is 11.5 Å². The summed E-state index contributed by atoms with van der Waals surface area (Å²) in [6, 6.07) is 7.46. The highest BCUT2D eigenvalue weighted by Crippen LogP contribution is 2.26. The van der Waals surface area contributed by atoms with Gasteiger partial charge in [-0.05, 0) is 18.1 Å². The SMILES string of the molecule is CCc1ccccc1-c1nc(C(=O)OC)c(C(=O)OC)o1. The molecule has 0 unspecified atom stereocenters. The van der Waals surface area contributed by atoms with E-state index in [1.807, 2.05) is 31.2 Å². The molecule has 0 amide bonds. The second kappa shape index (κ2) is 6.21. The van der Waals surface area contributed by atoms with Gasteiger partial charge >= 0.3 is 11.9 Å². The van der Waals surface area contributed by atoms with Crippen LogP contribution in [0, 0.1) is 0 Å². The van der Waals surface area contributed by atoms with Gasteiger partial charge in [0.2, 0.25) is 17.3 Å². The Hall–Kier alpha value is -2.63. The van der Waals surface area contributed by atoms with Crippen molar-refractivity contribution in [2.45, 2.75) is 13.3 Å². The van der Waals surface area contributed by atoms with E-state index in [9.17, 15) is 9.59 Å². The number of hydrogen-bond donors (Lipinski definition) is 0. The van der Waals surface area contributed by atoms with Gasteiger partial charge in [0.15, 0.2) is 0 Å². The van der Waals surface area contributed by atoms with Crippen LogP contribution in [0.3, 0.4) is 0 Å². The third-order valence-electron chi connectivity index (χ3n) is 3.01. The van der Waals surface area contributed by atoms with Crippen molar-refractivity contribution < 1.29 is 23.5 Å². The maximum absolute atomic E-state index is 11.7. The molecule has 0 aliphatic rings. The van der Waals surface area contributed by atoms with Crippen LogP contribution in [0.4, 0.5) is 0 Å². The number of carbonyl (C=O) groups is 2. The number of methoxy groups -OCH3 is 2. The molecule has 0 saturated heterocycles. The molecule has 0 spiro atoms. The van der Waals surface area contributed by atoms with E-state index in [-0.39, 0.29) is 17.3 Å². The van der Waals surface area contributed by atoms with E-state index in [2.05, 4.69) is 14.5 Å². The van der Waals surface area contributed by atoms with Crippen molar-refractivity contribution in [1.29, 1.82) is 0 Å². The van der Waals surface area contributed by atoms with Gasteiger partial charge in [0.25, 0.3) is 0 Å². The number of nitrogens with zero attached hydrogens (tertiary/aromatic N) is 1. The Morgan fingerprint density at radius 3 is 2.43 bits per heavy atom. The molecule has 2 rings (SSSR count). The second-order valence-corrected chi connectivity index (χ2v) is 4.19. The molecule has 21 heavy (non-hydrogen) atoms. The van der Waals surface area contributed by atoms with E-state index in [0.717, 1.165) is 17.5 Å². The van der Waals surface area contributed by atoms with E-state index in [1.165, 1.54) is 14.2 Å². The van der Waals surface area contributed by atoms with Gasteiger partial charge < -0.3 is 13.9 Å². The zero-order valence-corrected chi connectivity index (χ0v) is 12.0. The molecule has 0 radical (unpaired) electrons. The van der Waals surface area contributed by atoms with Crippen LogP contribution in [0.15, 0.2) is 28.7 Å². The molecule has 0 aliphatic heterocycles. The standard InChI is InChI=1S/C15H15NO5/c1-4-9-7-5-6-8-10(9)13-16-11(14(17)19-2)12(21-13)15(18)20-3/h5-8H,4H2,1-3H3. The fraction of sp³-hybridized carbons (Fsp3) is 0.267. The third-order valence-corrected chi connectivity index (χ3v) is 3.01. The maximum atomic E-state index is 11.7. The smallest absolute Gasteiger partial charge is 0.376 e. The number of ether oxygens (including phenoxy) is 2. The van der Waals surface area contributed by atoms with E-state index in [1.54, 1.807) is 0 Å². The largest absolute Gasteiger partial charge is 0.464 e. The number of oxazole rings is 1. The van der Waals surface area contributed by atoms with Crippen molar-refractivity contribution in [2.24, 2.45) is 0 Å².